The molecular weight excluding hydrogens is 294 g/mol. The van der Waals surface area contributed by atoms with Crippen molar-refractivity contribution in [3.05, 3.63) is 54.1 Å². The predicted octanol–water partition coefficient (Wildman–Crippen LogP) is 2.54. The second-order valence-corrected chi connectivity index (χ2v) is 4.96. The SMILES string of the molecule is COc1cccc(CNC(=O)N(C(C)=O)c2cccc(N)c2)c1. The van der Waals surface area contributed by atoms with Gasteiger partial charge in [-0.15, -0.1) is 0 Å². The first-order valence-electron chi connectivity index (χ1n) is 7.08. The van der Waals surface area contributed by atoms with Crippen LogP contribution in [-0.4, -0.2) is 19.0 Å². The third kappa shape index (κ3) is 4.23. The molecule has 0 aliphatic heterocycles. The zero-order valence-corrected chi connectivity index (χ0v) is 13.1. The lowest BCUT2D eigenvalue weighted by Gasteiger charge is -2.20. The lowest BCUT2D eigenvalue weighted by molar-refractivity contribution is -0.115. The molecule has 0 radical (unpaired) electrons. The van der Waals surface area contributed by atoms with E-state index in [1.807, 2.05) is 24.3 Å². The molecule has 0 aliphatic carbocycles. The van der Waals surface area contributed by atoms with Gasteiger partial charge in [-0.3, -0.25) is 4.79 Å². The van der Waals surface area contributed by atoms with Crippen LogP contribution in [0.15, 0.2) is 48.5 Å². The van der Waals surface area contributed by atoms with Gasteiger partial charge in [0.2, 0.25) is 5.91 Å². The number of carbonyl (C=O) groups is 2. The van der Waals surface area contributed by atoms with E-state index in [9.17, 15) is 9.59 Å². The highest BCUT2D eigenvalue weighted by Gasteiger charge is 2.20. The average molecular weight is 313 g/mol. The number of urea groups is 1. The molecule has 3 N–H and O–H groups in total. The third-order valence-electron chi connectivity index (χ3n) is 3.22. The highest BCUT2D eigenvalue weighted by Crippen LogP contribution is 2.18. The number of benzene rings is 2. The second kappa shape index (κ2) is 7.31. The molecule has 0 saturated carbocycles. The van der Waals surface area contributed by atoms with E-state index in [1.165, 1.54) is 6.92 Å². The zero-order valence-electron chi connectivity index (χ0n) is 13.1. The first-order valence-corrected chi connectivity index (χ1v) is 7.08. The Labute approximate surface area is 134 Å². The number of nitrogens with zero attached hydrogens (tertiary/aromatic N) is 1. The summed E-state index contributed by atoms with van der Waals surface area (Å²) in [4.78, 5) is 25.2. The Kier molecular flexibility index (Phi) is 5.19. The summed E-state index contributed by atoms with van der Waals surface area (Å²) in [6.45, 7) is 1.61. The largest absolute Gasteiger partial charge is 0.497 e. The molecule has 0 aromatic heterocycles. The molecule has 120 valence electrons. The summed E-state index contributed by atoms with van der Waals surface area (Å²) in [6, 6.07) is 13.4. The fraction of sp³-hybridized carbons (Fsp3) is 0.176. The molecule has 6 nitrogen and oxygen atoms in total. The summed E-state index contributed by atoms with van der Waals surface area (Å²) < 4.78 is 5.14. The number of amides is 3. The van der Waals surface area contributed by atoms with Crippen molar-refractivity contribution in [2.24, 2.45) is 0 Å². The maximum absolute atomic E-state index is 12.3. The van der Waals surface area contributed by atoms with Crippen molar-refractivity contribution in [2.45, 2.75) is 13.5 Å². The van der Waals surface area contributed by atoms with E-state index in [0.717, 1.165) is 10.5 Å². The van der Waals surface area contributed by atoms with Gasteiger partial charge >= 0.3 is 6.03 Å². The van der Waals surface area contributed by atoms with Gasteiger partial charge in [-0.25, -0.2) is 9.69 Å². The average Bonchev–Trinajstić information content (AvgIpc) is 2.53. The number of hydrogen-bond acceptors (Lipinski definition) is 4. The maximum atomic E-state index is 12.3. The molecule has 0 heterocycles. The van der Waals surface area contributed by atoms with Gasteiger partial charge < -0.3 is 15.8 Å². The van der Waals surface area contributed by atoms with Gasteiger partial charge in [-0.05, 0) is 35.9 Å². The zero-order chi connectivity index (χ0) is 16.8. The highest BCUT2D eigenvalue weighted by molar-refractivity contribution is 6.13. The molecule has 0 bridgehead atoms. The molecule has 0 unspecified atom stereocenters. The van der Waals surface area contributed by atoms with Crippen molar-refractivity contribution < 1.29 is 14.3 Å². The van der Waals surface area contributed by atoms with E-state index >= 15 is 0 Å². The van der Waals surface area contributed by atoms with Crippen molar-refractivity contribution in [3.63, 3.8) is 0 Å². The fourth-order valence-electron chi connectivity index (χ4n) is 2.15. The van der Waals surface area contributed by atoms with Gasteiger partial charge in [0.05, 0.1) is 12.8 Å². The van der Waals surface area contributed by atoms with Crippen molar-refractivity contribution in [3.8, 4) is 5.75 Å². The number of ether oxygens (including phenoxy) is 1. The number of carbonyl (C=O) groups excluding carboxylic acids is 2. The van der Waals surface area contributed by atoms with Crippen LogP contribution in [0.3, 0.4) is 0 Å². The summed E-state index contributed by atoms with van der Waals surface area (Å²) >= 11 is 0. The number of imide groups is 1. The Hall–Kier alpha value is -3.02. The summed E-state index contributed by atoms with van der Waals surface area (Å²) in [5.41, 5.74) is 7.49. The van der Waals surface area contributed by atoms with Crippen molar-refractivity contribution in [2.75, 3.05) is 17.7 Å². The van der Waals surface area contributed by atoms with Crippen LogP contribution < -0.4 is 20.7 Å². The van der Waals surface area contributed by atoms with E-state index in [1.54, 1.807) is 31.4 Å². The molecule has 23 heavy (non-hydrogen) atoms. The molecule has 3 amide bonds. The molecule has 6 heteroatoms. The van der Waals surface area contributed by atoms with Crippen molar-refractivity contribution >= 4 is 23.3 Å². The molecule has 0 fully saturated rings. The van der Waals surface area contributed by atoms with E-state index < -0.39 is 11.9 Å². The molecule has 2 aromatic rings. The number of hydrogen-bond donors (Lipinski definition) is 2. The van der Waals surface area contributed by atoms with Crippen LogP contribution in [0.1, 0.15) is 12.5 Å². The minimum absolute atomic E-state index is 0.280. The number of anilines is 2. The number of nitrogen functional groups attached to an aromatic ring is 1. The van der Waals surface area contributed by atoms with Gasteiger partial charge in [0.15, 0.2) is 0 Å². The van der Waals surface area contributed by atoms with Gasteiger partial charge in [0, 0.05) is 19.2 Å². The summed E-state index contributed by atoms with van der Waals surface area (Å²) in [5, 5.41) is 2.72. The van der Waals surface area contributed by atoms with Gasteiger partial charge in [-0.2, -0.15) is 0 Å². The first-order chi connectivity index (χ1) is 11.0. The van der Waals surface area contributed by atoms with Crippen LogP contribution in [0.5, 0.6) is 5.75 Å². The predicted molar refractivity (Wildman–Crippen MR) is 89.2 cm³/mol. The quantitative estimate of drug-likeness (QED) is 0.850. The number of rotatable bonds is 4. The fourth-order valence-corrected chi connectivity index (χ4v) is 2.15. The van der Waals surface area contributed by atoms with Gasteiger partial charge in [0.25, 0.3) is 0 Å². The van der Waals surface area contributed by atoms with Crippen LogP contribution in [0.4, 0.5) is 16.2 Å². The monoisotopic (exact) mass is 313 g/mol. The van der Waals surface area contributed by atoms with E-state index in [-0.39, 0.29) is 6.54 Å². The van der Waals surface area contributed by atoms with Crippen molar-refractivity contribution in [1.29, 1.82) is 0 Å². The Morgan fingerprint density at radius 2 is 1.91 bits per heavy atom. The molecular formula is C17H19N3O3. The van der Waals surface area contributed by atoms with Gasteiger partial charge in [-0.1, -0.05) is 18.2 Å². The summed E-state index contributed by atoms with van der Waals surface area (Å²) in [6.07, 6.45) is 0. The molecule has 0 saturated heterocycles. The summed E-state index contributed by atoms with van der Waals surface area (Å²) in [5.74, 6) is 0.315. The normalized spacial score (nSPS) is 10.0. The minimum Gasteiger partial charge on any atom is -0.497 e. The summed E-state index contributed by atoms with van der Waals surface area (Å²) in [7, 11) is 1.58. The number of nitrogens with two attached hydrogens (primary N) is 1. The van der Waals surface area contributed by atoms with E-state index in [0.29, 0.717) is 17.1 Å². The Morgan fingerprint density at radius 1 is 1.17 bits per heavy atom. The molecule has 0 spiro atoms. The molecule has 0 aliphatic rings. The molecule has 2 aromatic carbocycles. The lowest BCUT2D eigenvalue weighted by Crippen LogP contribution is -2.42. The Morgan fingerprint density at radius 3 is 2.57 bits per heavy atom. The van der Waals surface area contributed by atoms with Crippen LogP contribution >= 0.6 is 0 Å². The van der Waals surface area contributed by atoms with Gasteiger partial charge in [0.1, 0.15) is 5.75 Å². The lowest BCUT2D eigenvalue weighted by atomic mass is 10.2. The standard InChI is InChI=1S/C17H19N3O3/c1-12(21)20(15-7-4-6-14(18)10-15)17(22)19-11-13-5-3-8-16(9-13)23-2/h3-10H,11,18H2,1-2H3,(H,19,22). The third-order valence-corrected chi connectivity index (χ3v) is 3.22. The van der Waals surface area contributed by atoms with E-state index in [4.69, 9.17) is 10.5 Å². The second-order valence-electron chi connectivity index (χ2n) is 4.96. The number of nitrogens with one attached hydrogen (secondary N) is 1. The number of methoxy groups -OCH3 is 1. The first kappa shape index (κ1) is 16.4. The smallest absolute Gasteiger partial charge is 0.329 e. The van der Waals surface area contributed by atoms with Crippen LogP contribution in [0, 0.1) is 0 Å². The minimum atomic E-state index is -0.508. The van der Waals surface area contributed by atoms with E-state index in [2.05, 4.69) is 5.32 Å². The van der Waals surface area contributed by atoms with Crippen molar-refractivity contribution in [1.82, 2.24) is 5.32 Å². The highest BCUT2D eigenvalue weighted by atomic mass is 16.5. The van der Waals surface area contributed by atoms with Crippen LogP contribution in [-0.2, 0) is 11.3 Å². The van der Waals surface area contributed by atoms with Crippen LogP contribution in [0.25, 0.3) is 0 Å². The molecule has 0 atom stereocenters. The Bertz CT molecular complexity index is 716. The maximum Gasteiger partial charge on any atom is 0.329 e. The van der Waals surface area contributed by atoms with Crippen LogP contribution in [0.2, 0.25) is 0 Å². The molecule has 2 rings (SSSR count). The topological polar surface area (TPSA) is 84.7 Å². The Balaban J connectivity index is 2.11.